The maximum Gasteiger partial charge on any atom is 0.216 e. The van der Waals surface area contributed by atoms with Crippen LogP contribution in [0.2, 0.25) is 0 Å². The number of furan rings is 1. The van der Waals surface area contributed by atoms with Gasteiger partial charge < -0.3 is 14.0 Å². The van der Waals surface area contributed by atoms with Gasteiger partial charge in [-0.3, -0.25) is 4.98 Å². The van der Waals surface area contributed by atoms with Crippen LogP contribution < -0.4 is 0 Å². The van der Waals surface area contributed by atoms with E-state index < -0.39 is 0 Å². The molecule has 0 atom stereocenters. The fourth-order valence-corrected chi connectivity index (χ4v) is 6.78. The van der Waals surface area contributed by atoms with E-state index in [1.165, 1.54) is 47.9 Å². The molecule has 0 bridgehead atoms. The van der Waals surface area contributed by atoms with Gasteiger partial charge in [0.1, 0.15) is 0 Å². The number of fused-ring (bicyclic) bond motifs is 3. The van der Waals surface area contributed by atoms with E-state index in [9.17, 15) is 0 Å². The van der Waals surface area contributed by atoms with Crippen LogP contribution in [0.5, 0.6) is 0 Å². The molecule has 0 spiro atoms. The van der Waals surface area contributed by atoms with Crippen LogP contribution in [0.25, 0.3) is 61.8 Å². The SMILES string of the molecule is CC1=Cc2cccc3nc(-c4[c-]cccc4)n(c23)C1.Cc1ccc2c(n1)oc1c(-c3cc(C4CCCC4)ccn3)[c-]ccc12.[Ir]. The van der Waals surface area contributed by atoms with Gasteiger partial charge in [-0.15, -0.1) is 54.1 Å². The molecule has 0 unspecified atom stereocenters. The van der Waals surface area contributed by atoms with Gasteiger partial charge >= 0.3 is 0 Å². The summed E-state index contributed by atoms with van der Waals surface area (Å²) in [4.78, 5) is 13.9. The second kappa shape index (κ2) is 12.2. The Kier molecular flexibility index (Phi) is 7.95. The molecule has 5 heterocycles. The minimum absolute atomic E-state index is 0. The first-order valence-corrected chi connectivity index (χ1v) is 15.4. The van der Waals surface area contributed by atoms with Crippen molar-refractivity contribution < 1.29 is 24.5 Å². The van der Waals surface area contributed by atoms with Gasteiger partial charge in [-0.05, 0) is 68.1 Å². The quantitative estimate of drug-likeness (QED) is 0.168. The average Bonchev–Trinajstić information content (AvgIpc) is 3.80. The Morgan fingerprint density at radius 2 is 1.76 bits per heavy atom. The Morgan fingerprint density at radius 1 is 0.867 bits per heavy atom. The molecule has 1 saturated carbocycles. The summed E-state index contributed by atoms with van der Waals surface area (Å²) in [7, 11) is 0. The fraction of sp³-hybridized carbons (Fsp3) is 0.205. The topological polar surface area (TPSA) is 56.7 Å². The number of aromatic nitrogens is 4. The molecule has 2 aliphatic rings. The molecule has 1 fully saturated rings. The predicted molar refractivity (Wildman–Crippen MR) is 177 cm³/mol. The van der Waals surface area contributed by atoms with Gasteiger partial charge in [0.05, 0.1) is 22.4 Å². The van der Waals surface area contributed by atoms with E-state index in [-0.39, 0.29) is 20.1 Å². The summed E-state index contributed by atoms with van der Waals surface area (Å²) in [5, 5.41) is 2.12. The fourth-order valence-electron chi connectivity index (χ4n) is 6.78. The molecule has 1 aliphatic carbocycles. The predicted octanol–water partition coefficient (Wildman–Crippen LogP) is 9.73. The number of hydrogen-bond acceptors (Lipinski definition) is 4. The van der Waals surface area contributed by atoms with Crippen molar-refractivity contribution in [3.05, 3.63) is 120 Å². The normalized spacial score (nSPS) is 14.3. The van der Waals surface area contributed by atoms with Gasteiger partial charge in [0.25, 0.3) is 0 Å². The minimum atomic E-state index is 0. The maximum absolute atomic E-state index is 6.10. The third-order valence-electron chi connectivity index (χ3n) is 8.86. The van der Waals surface area contributed by atoms with Crippen LogP contribution in [-0.4, -0.2) is 19.5 Å². The Hall–Kier alpha value is -4.38. The zero-order valence-electron chi connectivity index (χ0n) is 25.3. The summed E-state index contributed by atoms with van der Waals surface area (Å²) in [6.07, 6.45) is 9.40. The Bertz CT molecular complexity index is 2190. The molecule has 0 amide bonds. The average molecular weight is 765 g/mol. The number of aryl methyl sites for hydroxylation is 1. The summed E-state index contributed by atoms with van der Waals surface area (Å²) < 4.78 is 8.40. The first kappa shape index (κ1) is 29.3. The zero-order valence-corrected chi connectivity index (χ0v) is 27.7. The molecule has 9 rings (SSSR count). The second-order valence-corrected chi connectivity index (χ2v) is 12.0. The number of imidazole rings is 1. The molecule has 1 aliphatic heterocycles. The zero-order chi connectivity index (χ0) is 29.6. The molecular formula is C39H32IrN4O-2. The summed E-state index contributed by atoms with van der Waals surface area (Å²) in [5.41, 5.74) is 11.7. The third kappa shape index (κ3) is 5.43. The Labute approximate surface area is 276 Å². The number of hydrogen-bond donors (Lipinski definition) is 0. The first-order chi connectivity index (χ1) is 21.6. The van der Waals surface area contributed by atoms with Gasteiger partial charge in [-0.1, -0.05) is 59.2 Å². The summed E-state index contributed by atoms with van der Waals surface area (Å²) in [6, 6.07) is 33.4. The number of rotatable bonds is 3. The monoisotopic (exact) mass is 765 g/mol. The summed E-state index contributed by atoms with van der Waals surface area (Å²) in [6.45, 7) is 5.05. The van der Waals surface area contributed by atoms with E-state index in [0.29, 0.717) is 11.6 Å². The van der Waals surface area contributed by atoms with Crippen LogP contribution in [0.4, 0.5) is 0 Å². The van der Waals surface area contributed by atoms with E-state index in [4.69, 9.17) is 9.40 Å². The number of nitrogens with zero attached hydrogens (tertiary/aromatic N) is 4. The first-order valence-electron chi connectivity index (χ1n) is 15.4. The number of allylic oxidation sites excluding steroid dienone is 1. The van der Waals surface area contributed by atoms with Gasteiger partial charge in [0.2, 0.25) is 5.71 Å². The summed E-state index contributed by atoms with van der Waals surface area (Å²) in [5.74, 6) is 1.68. The van der Waals surface area contributed by atoms with Crippen LogP contribution in [0.15, 0.2) is 95.0 Å². The Balaban J connectivity index is 0.000000146. The molecule has 5 nitrogen and oxygen atoms in total. The summed E-state index contributed by atoms with van der Waals surface area (Å²) >= 11 is 0. The standard InChI is InChI=1S/C22H19N2O.C17H13N2.Ir/c1-14-9-10-18-17-7-4-8-19(21(17)25-22(18)24-14)20-13-16(11-12-23-20)15-5-2-3-6-15;1-12-10-14-8-5-9-15-16(14)19(11-12)17(18-15)13-6-3-2-4-7-13;/h4,7,9-13,15H,2-3,5-6H2,1H3;2-6,8-10H,11H2,1H3;/q2*-1;. The van der Waals surface area contributed by atoms with E-state index in [2.05, 4.69) is 82.1 Å². The van der Waals surface area contributed by atoms with E-state index in [0.717, 1.165) is 56.8 Å². The Morgan fingerprint density at radius 3 is 2.60 bits per heavy atom. The molecule has 225 valence electrons. The van der Waals surface area contributed by atoms with Crippen LogP contribution in [0.1, 0.15) is 55.3 Å². The van der Waals surface area contributed by atoms with E-state index in [1.54, 1.807) is 0 Å². The number of pyridine rings is 2. The van der Waals surface area contributed by atoms with Crippen molar-refractivity contribution in [2.24, 2.45) is 0 Å². The smallest absolute Gasteiger partial charge is 0.216 e. The maximum atomic E-state index is 6.10. The van der Waals surface area contributed by atoms with Crippen LogP contribution >= 0.6 is 0 Å². The van der Waals surface area contributed by atoms with E-state index >= 15 is 0 Å². The van der Waals surface area contributed by atoms with Crippen LogP contribution in [-0.2, 0) is 26.7 Å². The largest absolute Gasteiger partial charge is 0.486 e. The molecule has 0 saturated heterocycles. The van der Waals surface area contributed by atoms with Crippen molar-refractivity contribution in [1.29, 1.82) is 0 Å². The van der Waals surface area contributed by atoms with Gasteiger partial charge in [0.15, 0.2) is 0 Å². The van der Waals surface area contributed by atoms with E-state index in [1.807, 2.05) is 49.5 Å². The van der Waals surface area contributed by atoms with Crippen LogP contribution in [0, 0.1) is 19.1 Å². The van der Waals surface area contributed by atoms with Crippen molar-refractivity contribution in [1.82, 2.24) is 19.5 Å². The van der Waals surface area contributed by atoms with Crippen molar-refractivity contribution in [3.63, 3.8) is 0 Å². The van der Waals surface area contributed by atoms with Gasteiger partial charge in [-0.2, -0.15) is 0 Å². The molecular weight excluding hydrogens is 733 g/mol. The van der Waals surface area contributed by atoms with Crippen molar-refractivity contribution in [2.75, 3.05) is 0 Å². The molecule has 3 aromatic carbocycles. The molecule has 4 aromatic heterocycles. The third-order valence-corrected chi connectivity index (χ3v) is 8.86. The van der Waals surface area contributed by atoms with Gasteiger partial charge in [0, 0.05) is 43.9 Å². The van der Waals surface area contributed by atoms with Crippen molar-refractivity contribution in [3.8, 4) is 22.6 Å². The van der Waals surface area contributed by atoms with Crippen LogP contribution in [0.3, 0.4) is 0 Å². The molecule has 7 aromatic rings. The molecule has 0 N–H and O–H groups in total. The van der Waals surface area contributed by atoms with Gasteiger partial charge in [-0.25, -0.2) is 4.98 Å². The molecule has 45 heavy (non-hydrogen) atoms. The van der Waals surface area contributed by atoms with Crippen molar-refractivity contribution >= 4 is 39.2 Å². The number of benzene rings is 3. The second-order valence-electron chi connectivity index (χ2n) is 12.0. The van der Waals surface area contributed by atoms with Crippen molar-refractivity contribution in [2.45, 2.75) is 52.0 Å². The molecule has 6 heteroatoms. The minimum Gasteiger partial charge on any atom is -0.486 e. The number of para-hydroxylation sites is 1. The molecule has 1 radical (unpaired) electrons.